The number of benzene rings is 2. The predicted octanol–water partition coefficient (Wildman–Crippen LogP) is 4.78. The fourth-order valence-corrected chi connectivity index (χ4v) is 2.76. The molecule has 2 aromatic carbocycles. The summed E-state index contributed by atoms with van der Waals surface area (Å²) in [6.45, 7) is 5.60. The van der Waals surface area contributed by atoms with E-state index >= 15 is 0 Å². The summed E-state index contributed by atoms with van der Waals surface area (Å²) in [6, 6.07) is 8.31. The maximum absolute atomic E-state index is 13.6. The van der Waals surface area contributed by atoms with E-state index < -0.39 is 5.82 Å². The molecule has 0 saturated heterocycles. The van der Waals surface area contributed by atoms with Crippen molar-refractivity contribution in [2.75, 3.05) is 6.61 Å². The molecule has 0 aromatic heterocycles. The van der Waals surface area contributed by atoms with Crippen molar-refractivity contribution in [2.24, 2.45) is 0 Å². The first-order valence-electron chi connectivity index (χ1n) is 6.57. The summed E-state index contributed by atoms with van der Waals surface area (Å²) >= 11 is 3.25. The molecule has 0 unspecified atom stereocenters. The van der Waals surface area contributed by atoms with E-state index in [2.05, 4.69) is 15.9 Å². The maximum Gasteiger partial charge on any atom is 0.200 e. The zero-order chi connectivity index (χ0) is 15.6. The van der Waals surface area contributed by atoms with E-state index in [-0.39, 0.29) is 18.1 Å². The van der Waals surface area contributed by atoms with Crippen molar-refractivity contribution in [3.05, 3.63) is 62.9 Å². The van der Waals surface area contributed by atoms with Crippen molar-refractivity contribution in [3.8, 4) is 5.75 Å². The molecule has 2 aromatic rings. The largest absolute Gasteiger partial charge is 0.482 e. The summed E-state index contributed by atoms with van der Waals surface area (Å²) in [6.07, 6.45) is 0. The Hall–Kier alpha value is -1.68. The minimum atomic E-state index is -0.483. The molecule has 0 bridgehead atoms. The quantitative estimate of drug-likeness (QED) is 0.742. The summed E-state index contributed by atoms with van der Waals surface area (Å²) < 4.78 is 19.6. The first-order valence-corrected chi connectivity index (χ1v) is 7.36. The average molecular weight is 351 g/mol. The Balaban J connectivity index is 2.18. The molecule has 4 heteroatoms. The van der Waals surface area contributed by atoms with Gasteiger partial charge in [0.1, 0.15) is 0 Å². The Morgan fingerprint density at radius 2 is 1.76 bits per heavy atom. The van der Waals surface area contributed by atoms with Gasteiger partial charge in [0.2, 0.25) is 5.78 Å². The number of ether oxygens (including phenoxy) is 1. The van der Waals surface area contributed by atoms with Gasteiger partial charge in [0.05, 0.1) is 0 Å². The van der Waals surface area contributed by atoms with Gasteiger partial charge in [-0.05, 0) is 50.1 Å². The van der Waals surface area contributed by atoms with E-state index in [0.29, 0.717) is 10.0 Å². The molecule has 0 saturated carbocycles. The number of hydrogen-bond acceptors (Lipinski definition) is 2. The SMILES string of the molecule is Cc1cc(C)c(C(=O)COc2cc(Br)ccc2F)c(C)c1. The lowest BCUT2D eigenvalue weighted by Gasteiger charge is -2.12. The van der Waals surface area contributed by atoms with Gasteiger partial charge in [0.15, 0.2) is 18.2 Å². The Kier molecular flexibility index (Phi) is 4.78. The Bertz CT molecular complexity index is 672. The van der Waals surface area contributed by atoms with Crippen molar-refractivity contribution in [2.45, 2.75) is 20.8 Å². The monoisotopic (exact) mass is 350 g/mol. The first kappa shape index (κ1) is 15.7. The third-order valence-corrected chi connectivity index (χ3v) is 3.70. The van der Waals surface area contributed by atoms with E-state index in [1.165, 1.54) is 12.1 Å². The second-order valence-electron chi connectivity index (χ2n) is 5.06. The van der Waals surface area contributed by atoms with Crippen molar-refractivity contribution in [3.63, 3.8) is 0 Å². The van der Waals surface area contributed by atoms with Gasteiger partial charge in [-0.3, -0.25) is 4.79 Å². The number of hydrogen-bond donors (Lipinski definition) is 0. The van der Waals surface area contributed by atoms with Gasteiger partial charge in [-0.25, -0.2) is 4.39 Å². The van der Waals surface area contributed by atoms with E-state index in [4.69, 9.17) is 4.74 Å². The highest BCUT2D eigenvalue weighted by Crippen LogP contribution is 2.23. The lowest BCUT2D eigenvalue weighted by atomic mass is 9.97. The van der Waals surface area contributed by atoms with Crippen LogP contribution in [0, 0.1) is 26.6 Å². The second kappa shape index (κ2) is 6.39. The molecule has 0 N–H and O–H groups in total. The molecule has 0 heterocycles. The van der Waals surface area contributed by atoms with Crippen molar-refractivity contribution >= 4 is 21.7 Å². The number of carbonyl (C=O) groups is 1. The van der Waals surface area contributed by atoms with Gasteiger partial charge in [-0.15, -0.1) is 0 Å². The zero-order valence-corrected chi connectivity index (χ0v) is 13.8. The molecule has 0 spiro atoms. The summed E-state index contributed by atoms with van der Waals surface area (Å²) in [5.41, 5.74) is 3.59. The van der Waals surface area contributed by atoms with Gasteiger partial charge in [-0.2, -0.15) is 0 Å². The van der Waals surface area contributed by atoms with Gasteiger partial charge < -0.3 is 4.74 Å². The molecular weight excluding hydrogens is 335 g/mol. The molecule has 2 nitrogen and oxygen atoms in total. The number of carbonyl (C=O) groups excluding carboxylic acids is 1. The van der Waals surface area contributed by atoms with Crippen LogP contribution in [-0.2, 0) is 0 Å². The topological polar surface area (TPSA) is 26.3 Å². The molecule has 21 heavy (non-hydrogen) atoms. The fourth-order valence-electron chi connectivity index (χ4n) is 2.42. The average Bonchev–Trinajstić information content (AvgIpc) is 2.38. The minimum absolute atomic E-state index is 0.0696. The number of Topliss-reactive ketones (excluding diaryl/α,β-unsaturated/α-hetero) is 1. The van der Waals surface area contributed by atoms with Crippen molar-refractivity contribution < 1.29 is 13.9 Å². The van der Waals surface area contributed by atoms with Crippen molar-refractivity contribution in [1.82, 2.24) is 0 Å². The molecule has 0 fully saturated rings. The molecular formula is C17H16BrFO2. The normalized spacial score (nSPS) is 10.5. The van der Waals surface area contributed by atoms with Gasteiger partial charge >= 0.3 is 0 Å². The minimum Gasteiger partial charge on any atom is -0.482 e. The molecule has 0 aliphatic carbocycles. The molecule has 2 rings (SSSR count). The Morgan fingerprint density at radius 3 is 2.38 bits per heavy atom. The molecule has 0 atom stereocenters. The zero-order valence-electron chi connectivity index (χ0n) is 12.2. The second-order valence-corrected chi connectivity index (χ2v) is 5.98. The third-order valence-electron chi connectivity index (χ3n) is 3.21. The van der Waals surface area contributed by atoms with Gasteiger partial charge in [-0.1, -0.05) is 33.6 Å². The number of ketones is 1. The van der Waals surface area contributed by atoms with Crippen LogP contribution in [0.5, 0.6) is 5.75 Å². The highest BCUT2D eigenvalue weighted by molar-refractivity contribution is 9.10. The van der Waals surface area contributed by atoms with Crippen LogP contribution in [0.25, 0.3) is 0 Å². The van der Waals surface area contributed by atoms with Crippen LogP contribution in [-0.4, -0.2) is 12.4 Å². The smallest absolute Gasteiger partial charge is 0.200 e. The molecule has 110 valence electrons. The van der Waals surface area contributed by atoms with E-state index in [9.17, 15) is 9.18 Å². The standard InChI is InChI=1S/C17H16BrFO2/c1-10-6-11(2)17(12(3)7-10)15(20)9-21-16-8-13(18)4-5-14(16)19/h4-8H,9H2,1-3H3. The van der Waals surface area contributed by atoms with Crippen LogP contribution in [0.1, 0.15) is 27.0 Å². The van der Waals surface area contributed by atoms with E-state index in [1.807, 2.05) is 32.9 Å². The summed E-state index contributed by atoms with van der Waals surface area (Å²) in [4.78, 5) is 12.3. The van der Waals surface area contributed by atoms with Crippen LogP contribution >= 0.6 is 15.9 Å². The highest BCUT2D eigenvalue weighted by atomic mass is 79.9. The van der Waals surface area contributed by atoms with Gasteiger partial charge in [0.25, 0.3) is 0 Å². The summed E-state index contributed by atoms with van der Waals surface area (Å²) in [5, 5.41) is 0. The fraction of sp³-hybridized carbons (Fsp3) is 0.235. The van der Waals surface area contributed by atoms with Gasteiger partial charge in [0, 0.05) is 10.0 Å². The van der Waals surface area contributed by atoms with Crippen molar-refractivity contribution in [1.29, 1.82) is 0 Å². The lowest BCUT2D eigenvalue weighted by molar-refractivity contribution is 0.0917. The molecule has 0 amide bonds. The Labute approximate surface area is 132 Å². The lowest BCUT2D eigenvalue weighted by Crippen LogP contribution is -2.15. The predicted molar refractivity (Wildman–Crippen MR) is 84.6 cm³/mol. The summed E-state index contributed by atoms with van der Waals surface area (Å²) in [7, 11) is 0. The third kappa shape index (κ3) is 3.70. The van der Waals surface area contributed by atoms with E-state index in [1.54, 1.807) is 6.07 Å². The molecule has 0 radical (unpaired) electrons. The van der Waals surface area contributed by atoms with E-state index in [0.717, 1.165) is 16.7 Å². The number of rotatable bonds is 4. The van der Waals surface area contributed by atoms with Crippen LogP contribution in [0.2, 0.25) is 0 Å². The molecule has 0 aliphatic rings. The van der Waals surface area contributed by atoms with Crippen LogP contribution < -0.4 is 4.74 Å². The number of halogens is 2. The number of aryl methyl sites for hydroxylation is 3. The van der Waals surface area contributed by atoms with Crippen LogP contribution in [0.4, 0.5) is 4.39 Å². The highest BCUT2D eigenvalue weighted by Gasteiger charge is 2.14. The maximum atomic E-state index is 13.6. The Morgan fingerprint density at radius 1 is 1.14 bits per heavy atom. The van der Waals surface area contributed by atoms with Crippen LogP contribution in [0.15, 0.2) is 34.8 Å². The first-order chi connectivity index (χ1) is 9.88. The van der Waals surface area contributed by atoms with Crippen LogP contribution in [0.3, 0.4) is 0 Å². The molecule has 0 aliphatic heterocycles. The summed E-state index contributed by atoms with van der Waals surface area (Å²) in [5.74, 6) is -0.562.